The summed E-state index contributed by atoms with van der Waals surface area (Å²) in [6.07, 6.45) is -2.21. The number of nitrogens with zero attached hydrogens (tertiary/aromatic N) is 2. The zero-order valence-electron chi connectivity index (χ0n) is 21.3. The van der Waals surface area contributed by atoms with E-state index in [1.54, 1.807) is 24.8 Å². The second kappa shape index (κ2) is 10.4. The van der Waals surface area contributed by atoms with Gasteiger partial charge in [0.1, 0.15) is 12.3 Å². The number of nitrogens with one attached hydrogen (secondary N) is 1. The number of alkyl halides is 3. The van der Waals surface area contributed by atoms with E-state index < -0.39 is 28.9 Å². The number of Topliss-reactive ketones (excluding diaryl/α,β-unsaturated/α-hetero) is 1. The lowest BCUT2D eigenvalue weighted by atomic mass is 9.74. The summed E-state index contributed by atoms with van der Waals surface area (Å²) in [4.78, 5) is 30.4. The molecule has 37 heavy (non-hydrogen) atoms. The van der Waals surface area contributed by atoms with E-state index in [2.05, 4.69) is 10.3 Å². The lowest BCUT2D eigenvalue weighted by Crippen LogP contribution is -2.65. The molecule has 198 valence electrons. The normalized spacial score (nSPS) is 24.9. The SMILES string of the molecule is CC(=O)C[C@]1(N2C=NCC2=O)CC[C@@](CO[C@H](C)c2cc(C)cc(C(F)(F)F)c2)(c2ccccc2)NC1. The van der Waals surface area contributed by atoms with E-state index in [0.717, 1.165) is 17.7 Å². The van der Waals surface area contributed by atoms with Crippen LogP contribution in [-0.4, -0.2) is 48.2 Å². The van der Waals surface area contributed by atoms with Crippen LogP contribution in [0.25, 0.3) is 0 Å². The maximum absolute atomic E-state index is 13.4. The van der Waals surface area contributed by atoms with Crippen molar-refractivity contribution < 1.29 is 27.5 Å². The highest BCUT2D eigenvalue weighted by molar-refractivity contribution is 5.95. The highest BCUT2D eigenvalue weighted by Gasteiger charge is 2.49. The van der Waals surface area contributed by atoms with Crippen LogP contribution in [0.1, 0.15) is 61.5 Å². The van der Waals surface area contributed by atoms with Gasteiger partial charge in [-0.1, -0.05) is 42.0 Å². The number of halogens is 3. The summed E-state index contributed by atoms with van der Waals surface area (Å²) in [6, 6.07) is 13.7. The minimum atomic E-state index is -4.44. The van der Waals surface area contributed by atoms with Crippen LogP contribution >= 0.6 is 0 Å². The predicted molar refractivity (Wildman–Crippen MR) is 134 cm³/mol. The molecule has 2 aromatic rings. The van der Waals surface area contributed by atoms with Crippen LogP contribution in [0.15, 0.2) is 53.5 Å². The van der Waals surface area contributed by atoms with Gasteiger partial charge in [-0.3, -0.25) is 19.5 Å². The number of ketones is 1. The average Bonchev–Trinajstić information content (AvgIpc) is 3.29. The first-order chi connectivity index (χ1) is 17.4. The van der Waals surface area contributed by atoms with E-state index in [-0.39, 0.29) is 31.3 Å². The molecule has 1 amide bonds. The van der Waals surface area contributed by atoms with E-state index in [9.17, 15) is 22.8 Å². The monoisotopic (exact) mass is 515 g/mol. The van der Waals surface area contributed by atoms with Crippen LogP contribution < -0.4 is 5.32 Å². The van der Waals surface area contributed by atoms with Crippen molar-refractivity contribution in [2.24, 2.45) is 4.99 Å². The zero-order valence-corrected chi connectivity index (χ0v) is 21.3. The fraction of sp³-hybridized carbons (Fsp3) is 0.464. The van der Waals surface area contributed by atoms with Gasteiger partial charge in [0.15, 0.2) is 0 Å². The smallest absolute Gasteiger partial charge is 0.372 e. The predicted octanol–water partition coefficient (Wildman–Crippen LogP) is 4.96. The molecule has 0 bridgehead atoms. The summed E-state index contributed by atoms with van der Waals surface area (Å²) in [7, 11) is 0. The topological polar surface area (TPSA) is 71.0 Å². The number of aryl methyl sites for hydroxylation is 1. The number of aliphatic imine (C=N–C) groups is 1. The second-order valence-corrected chi connectivity index (χ2v) is 10.2. The first-order valence-corrected chi connectivity index (χ1v) is 12.4. The van der Waals surface area contributed by atoms with Crippen LogP contribution in [0.2, 0.25) is 0 Å². The Morgan fingerprint density at radius 1 is 1.19 bits per heavy atom. The van der Waals surface area contributed by atoms with Gasteiger partial charge in [0, 0.05) is 13.0 Å². The molecule has 0 saturated carbocycles. The molecule has 4 rings (SSSR count). The fourth-order valence-corrected chi connectivity index (χ4v) is 5.37. The van der Waals surface area contributed by atoms with Gasteiger partial charge in [-0.25, -0.2) is 0 Å². The summed E-state index contributed by atoms with van der Waals surface area (Å²) in [5.41, 5.74) is -0.133. The first kappa shape index (κ1) is 27.0. The van der Waals surface area contributed by atoms with Crippen LogP contribution in [0, 0.1) is 6.92 Å². The van der Waals surface area contributed by atoms with Gasteiger partial charge in [0.2, 0.25) is 5.91 Å². The van der Waals surface area contributed by atoms with E-state index in [4.69, 9.17) is 4.74 Å². The molecule has 2 aliphatic heterocycles. The Bertz CT molecular complexity index is 1170. The van der Waals surface area contributed by atoms with Crippen molar-refractivity contribution in [2.45, 2.75) is 63.4 Å². The molecule has 6 nitrogen and oxygen atoms in total. The van der Waals surface area contributed by atoms with Crippen LogP contribution in [0.3, 0.4) is 0 Å². The molecule has 0 radical (unpaired) electrons. The van der Waals surface area contributed by atoms with Gasteiger partial charge in [-0.15, -0.1) is 0 Å². The van der Waals surface area contributed by atoms with Crippen molar-refractivity contribution in [1.29, 1.82) is 0 Å². The van der Waals surface area contributed by atoms with Gasteiger partial charge in [-0.05, 0) is 56.9 Å². The minimum Gasteiger partial charge on any atom is -0.372 e. The molecule has 2 aromatic carbocycles. The Morgan fingerprint density at radius 2 is 1.92 bits per heavy atom. The van der Waals surface area contributed by atoms with E-state index in [0.29, 0.717) is 30.5 Å². The van der Waals surface area contributed by atoms with Crippen molar-refractivity contribution in [3.63, 3.8) is 0 Å². The van der Waals surface area contributed by atoms with Gasteiger partial charge in [0.05, 0.1) is 35.7 Å². The molecule has 2 aliphatic rings. The third kappa shape index (κ3) is 5.78. The Kier molecular flexibility index (Phi) is 7.57. The number of carbonyl (C=O) groups is 2. The molecule has 1 fully saturated rings. The highest BCUT2D eigenvalue weighted by Crippen LogP contribution is 2.40. The number of benzene rings is 2. The molecule has 0 unspecified atom stereocenters. The van der Waals surface area contributed by atoms with Crippen molar-refractivity contribution in [2.75, 3.05) is 19.7 Å². The maximum Gasteiger partial charge on any atom is 0.416 e. The molecule has 1 N–H and O–H groups in total. The number of amides is 1. The first-order valence-electron chi connectivity index (χ1n) is 12.4. The standard InChI is InChI=1S/C28H32F3N3O3/c1-19-11-22(13-24(12-19)28(29,30)31)21(3)37-17-27(23-7-5-4-6-8-23)10-9-26(16-33-27,14-20(2)35)34-18-32-15-25(34)36/h4-8,11-13,18,21,33H,9-10,14-17H2,1-3H3/t21-,26-,27-/m1/s1. The Labute approximate surface area is 214 Å². The molecule has 2 heterocycles. The zero-order chi connectivity index (χ0) is 26.8. The fourth-order valence-electron chi connectivity index (χ4n) is 5.37. The third-order valence-electron chi connectivity index (χ3n) is 7.36. The lowest BCUT2D eigenvalue weighted by Gasteiger charge is -2.50. The molecular weight excluding hydrogens is 483 g/mol. The number of piperidine rings is 1. The highest BCUT2D eigenvalue weighted by atomic mass is 19.4. The van der Waals surface area contributed by atoms with Gasteiger partial charge >= 0.3 is 6.18 Å². The van der Waals surface area contributed by atoms with Gasteiger partial charge in [0.25, 0.3) is 0 Å². The van der Waals surface area contributed by atoms with Crippen LogP contribution in [0.5, 0.6) is 0 Å². The van der Waals surface area contributed by atoms with E-state index in [1.807, 2.05) is 30.3 Å². The number of ether oxygens (including phenoxy) is 1. The summed E-state index contributed by atoms with van der Waals surface area (Å²) in [6.45, 7) is 5.51. The van der Waals surface area contributed by atoms with Crippen molar-refractivity contribution >= 4 is 18.0 Å². The number of hydrogen-bond donors (Lipinski definition) is 1. The summed E-state index contributed by atoms with van der Waals surface area (Å²) >= 11 is 0. The van der Waals surface area contributed by atoms with E-state index in [1.165, 1.54) is 13.3 Å². The molecule has 0 aliphatic carbocycles. The second-order valence-electron chi connectivity index (χ2n) is 10.2. The summed E-state index contributed by atoms with van der Waals surface area (Å²) < 4.78 is 46.4. The minimum absolute atomic E-state index is 0.0214. The molecule has 0 spiro atoms. The number of rotatable bonds is 8. The van der Waals surface area contributed by atoms with Crippen LogP contribution in [0.4, 0.5) is 13.2 Å². The average molecular weight is 516 g/mol. The molecule has 3 atom stereocenters. The Morgan fingerprint density at radius 3 is 2.49 bits per heavy atom. The summed E-state index contributed by atoms with van der Waals surface area (Å²) in [5.74, 6) is -0.160. The summed E-state index contributed by atoms with van der Waals surface area (Å²) in [5, 5.41) is 3.58. The maximum atomic E-state index is 13.4. The number of hydrogen-bond acceptors (Lipinski definition) is 5. The molecular formula is C28H32F3N3O3. The number of carbonyl (C=O) groups excluding carboxylic acids is 2. The van der Waals surface area contributed by atoms with E-state index >= 15 is 0 Å². The molecule has 9 heteroatoms. The molecule has 0 aromatic heterocycles. The Balaban J connectivity index is 1.59. The van der Waals surface area contributed by atoms with Crippen molar-refractivity contribution in [3.05, 3.63) is 70.8 Å². The van der Waals surface area contributed by atoms with Gasteiger partial charge in [-0.2, -0.15) is 13.2 Å². The van der Waals surface area contributed by atoms with Crippen molar-refractivity contribution in [1.82, 2.24) is 10.2 Å². The van der Waals surface area contributed by atoms with Gasteiger partial charge < -0.3 is 10.1 Å². The lowest BCUT2D eigenvalue weighted by molar-refractivity contribution is -0.137. The van der Waals surface area contributed by atoms with Crippen LogP contribution in [-0.2, 0) is 26.0 Å². The quantitative estimate of drug-likeness (QED) is 0.540. The largest absolute Gasteiger partial charge is 0.416 e. The Hall–Kier alpha value is -3.04. The molecule has 1 saturated heterocycles. The third-order valence-corrected chi connectivity index (χ3v) is 7.36. The van der Waals surface area contributed by atoms with Crippen molar-refractivity contribution in [3.8, 4) is 0 Å².